The molecule has 1 N–H and O–H groups in total. The molecule has 1 saturated heterocycles. The second kappa shape index (κ2) is 4.11. The first-order valence-corrected chi connectivity index (χ1v) is 6.68. The largest absolute Gasteiger partial charge is 0.393 e. The summed E-state index contributed by atoms with van der Waals surface area (Å²) in [6.45, 7) is 2.24. The first-order chi connectivity index (χ1) is 7.74. The highest BCUT2D eigenvalue weighted by Crippen LogP contribution is 2.40. The lowest BCUT2D eigenvalue weighted by Crippen LogP contribution is -2.37. The van der Waals surface area contributed by atoms with Gasteiger partial charge in [0.25, 0.3) is 0 Å². The number of carbonyl (C=O) groups is 1. The summed E-state index contributed by atoms with van der Waals surface area (Å²) >= 11 is 0. The Morgan fingerprint density at radius 1 is 1.06 bits per heavy atom. The number of ketones is 1. The van der Waals surface area contributed by atoms with Crippen molar-refractivity contribution in [3.63, 3.8) is 0 Å². The van der Waals surface area contributed by atoms with Gasteiger partial charge < -0.3 is 5.11 Å². The second-order valence-electron chi connectivity index (χ2n) is 5.79. The summed E-state index contributed by atoms with van der Waals surface area (Å²) in [5.41, 5.74) is 0. The molecule has 1 aliphatic heterocycles. The number of aliphatic hydroxyl groups excluding tert-OH is 1. The van der Waals surface area contributed by atoms with Gasteiger partial charge in [0.05, 0.1) is 6.10 Å². The average Bonchev–Trinajstić information content (AvgIpc) is 2.83. The maximum absolute atomic E-state index is 11.2. The second-order valence-corrected chi connectivity index (χ2v) is 5.79. The van der Waals surface area contributed by atoms with E-state index in [1.54, 1.807) is 0 Å². The molecule has 2 aliphatic carbocycles. The maximum Gasteiger partial charge on any atom is 0.133 e. The van der Waals surface area contributed by atoms with Crippen LogP contribution in [-0.4, -0.2) is 41.0 Å². The molecule has 3 unspecified atom stereocenters. The van der Waals surface area contributed by atoms with Crippen molar-refractivity contribution in [3.05, 3.63) is 0 Å². The third-order valence-electron chi connectivity index (χ3n) is 4.88. The van der Waals surface area contributed by atoms with Crippen LogP contribution in [0.3, 0.4) is 0 Å². The minimum absolute atomic E-state index is 0.0553. The van der Waals surface area contributed by atoms with Crippen LogP contribution < -0.4 is 0 Å². The van der Waals surface area contributed by atoms with Gasteiger partial charge in [-0.25, -0.2) is 0 Å². The first-order valence-electron chi connectivity index (χ1n) is 6.68. The molecule has 90 valence electrons. The van der Waals surface area contributed by atoms with Crippen molar-refractivity contribution in [2.24, 2.45) is 11.8 Å². The fourth-order valence-corrected chi connectivity index (χ4v) is 3.86. The van der Waals surface area contributed by atoms with Crippen molar-refractivity contribution >= 4 is 5.78 Å². The monoisotopic (exact) mass is 223 g/mol. The minimum atomic E-state index is -0.0553. The molecular formula is C13H21NO2. The molecule has 0 aromatic heterocycles. The van der Waals surface area contributed by atoms with Crippen LogP contribution in [0.5, 0.6) is 0 Å². The molecule has 0 spiro atoms. The summed E-state index contributed by atoms with van der Waals surface area (Å²) in [5, 5.41) is 9.88. The molecule has 3 fully saturated rings. The number of nitrogens with zero attached hydrogens (tertiary/aromatic N) is 1. The molecule has 3 rings (SSSR count). The molecule has 1 heterocycles. The zero-order valence-electron chi connectivity index (χ0n) is 9.77. The Labute approximate surface area is 96.8 Å². The topological polar surface area (TPSA) is 40.5 Å². The Morgan fingerprint density at radius 2 is 1.81 bits per heavy atom. The molecule has 0 aromatic rings. The van der Waals surface area contributed by atoms with Crippen LogP contribution in [-0.2, 0) is 4.79 Å². The van der Waals surface area contributed by atoms with Gasteiger partial charge in [-0.2, -0.15) is 0 Å². The van der Waals surface area contributed by atoms with E-state index in [-0.39, 0.29) is 6.10 Å². The number of Topliss-reactive ketones (excluding diaryl/α,β-unsaturated/α-hetero) is 1. The van der Waals surface area contributed by atoms with Crippen LogP contribution in [0.1, 0.15) is 38.5 Å². The first kappa shape index (κ1) is 10.7. The molecule has 0 bridgehead atoms. The number of carbonyl (C=O) groups excluding carboxylic acids is 1. The van der Waals surface area contributed by atoms with Crippen LogP contribution in [0.15, 0.2) is 0 Å². The highest BCUT2D eigenvalue weighted by molar-refractivity contribution is 5.79. The van der Waals surface area contributed by atoms with E-state index < -0.39 is 0 Å². The molecule has 0 aromatic carbocycles. The van der Waals surface area contributed by atoms with Gasteiger partial charge in [0, 0.05) is 37.9 Å². The normalized spacial score (nSPS) is 41.6. The van der Waals surface area contributed by atoms with E-state index in [4.69, 9.17) is 0 Å². The molecule has 3 heteroatoms. The van der Waals surface area contributed by atoms with Crippen LogP contribution in [0.4, 0.5) is 0 Å². The Bertz CT molecular complexity index is 282. The summed E-state index contributed by atoms with van der Waals surface area (Å²) < 4.78 is 0. The van der Waals surface area contributed by atoms with Crippen molar-refractivity contribution in [1.82, 2.24) is 4.90 Å². The summed E-state index contributed by atoms with van der Waals surface area (Å²) in [4.78, 5) is 13.8. The van der Waals surface area contributed by atoms with Gasteiger partial charge in [0.1, 0.15) is 5.78 Å². The zero-order chi connectivity index (χ0) is 11.1. The highest BCUT2D eigenvalue weighted by atomic mass is 16.3. The van der Waals surface area contributed by atoms with Crippen molar-refractivity contribution in [3.8, 4) is 0 Å². The smallest absolute Gasteiger partial charge is 0.133 e. The number of rotatable bonds is 1. The quantitative estimate of drug-likeness (QED) is 0.726. The van der Waals surface area contributed by atoms with Gasteiger partial charge in [0.15, 0.2) is 0 Å². The van der Waals surface area contributed by atoms with Gasteiger partial charge >= 0.3 is 0 Å². The van der Waals surface area contributed by atoms with E-state index in [0.29, 0.717) is 17.7 Å². The maximum atomic E-state index is 11.2. The molecule has 3 atom stereocenters. The minimum Gasteiger partial charge on any atom is -0.393 e. The van der Waals surface area contributed by atoms with Gasteiger partial charge in [-0.15, -0.1) is 0 Å². The van der Waals surface area contributed by atoms with E-state index in [1.807, 2.05) is 0 Å². The Balaban J connectivity index is 1.60. The van der Waals surface area contributed by atoms with Crippen molar-refractivity contribution in [1.29, 1.82) is 0 Å². The summed E-state index contributed by atoms with van der Waals surface area (Å²) in [6, 6.07) is 0.621. The van der Waals surface area contributed by atoms with Gasteiger partial charge in [-0.3, -0.25) is 9.69 Å². The van der Waals surface area contributed by atoms with Crippen molar-refractivity contribution in [2.45, 2.75) is 50.7 Å². The summed E-state index contributed by atoms with van der Waals surface area (Å²) in [7, 11) is 0. The standard InChI is InChI=1S/C13H21NO2/c15-11-4-2-10(3-5-11)14-7-9-1-6-13(16)12(9)8-14/h9-10,12-13,16H,1-8H2. The van der Waals surface area contributed by atoms with E-state index in [2.05, 4.69) is 4.90 Å². The average molecular weight is 223 g/mol. The lowest BCUT2D eigenvalue weighted by Gasteiger charge is -2.31. The lowest BCUT2D eigenvalue weighted by atomic mass is 9.93. The molecule has 3 aliphatic rings. The number of hydrogen-bond donors (Lipinski definition) is 1. The van der Waals surface area contributed by atoms with Gasteiger partial charge in [-0.05, 0) is 31.6 Å². The van der Waals surface area contributed by atoms with Crippen LogP contribution >= 0.6 is 0 Å². The van der Waals surface area contributed by atoms with Crippen LogP contribution in [0.2, 0.25) is 0 Å². The predicted octanol–water partition coefficient (Wildman–Crippen LogP) is 1.20. The number of fused-ring (bicyclic) bond motifs is 1. The molecule has 3 nitrogen and oxygen atoms in total. The van der Waals surface area contributed by atoms with E-state index in [0.717, 1.165) is 44.6 Å². The van der Waals surface area contributed by atoms with Crippen molar-refractivity contribution < 1.29 is 9.90 Å². The SMILES string of the molecule is O=C1CCC(N2CC3CCC(O)C3C2)CC1. The van der Waals surface area contributed by atoms with Gasteiger partial charge in [0.2, 0.25) is 0 Å². The van der Waals surface area contributed by atoms with Crippen molar-refractivity contribution in [2.75, 3.05) is 13.1 Å². The summed E-state index contributed by atoms with van der Waals surface area (Å²) in [6.07, 6.45) is 5.81. The Morgan fingerprint density at radius 3 is 2.50 bits per heavy atom. The van der Waals surface area contributed by atoms with Crippen LogP contribution in [0, 0.1) is 11.8 Å². The lowest BCUT2D eigenvalue weighted by molar-refractivity contribution is -0.121. The molecule has 0 radical (unpaired) electrons. The van der Waals surface area contributed by atoms with Crippen LogP contribution in [0.25, 0.3) is 0 Å². The highest BCUT2D eigenvalue weighted by Gasteiger charge is 2.43. The Kier molecular flexibility index (Phi) is 2.76. The van der Waals surface area contributed by atoms with E-state index in [9.17, 15) is 9.90 Å². The number of likely N-dealkylation sites (tertiary alicyclic amines) is 1. The molecular weight excluding hydrogens is 202 g/mol. The predicted molar refractivity (Wildman–Crippen MR) is 61.1 cm³/mol. The summed E-state index contributed by atoms with van der Waals surface area (Å²) in [5.74, 6) is 1.70. The van der Waals surface area contributed by atoms with Gasteiger partial charge in [-0.1, -0.05) is 0 Å². The number of aliphatic hydroxyl groups is 1. The van der Waals surface area contributed by atoms with E-state index >= 15 is 0 Å². The molecule has 16 heavy (non-hydrogen) atoms. The third-order valence-corrected chi connectivity index (χ3v) is 4.88. The fraction of sp³-hybridized carbons (Fsp3) is 0.923. The number of hydrogen-bond acceptors (Lipinski definition) is 3. The molecule has 2 saturated carbocycles. The Hall–Kier alpha value is -0.410. The zero-order valence-corrected chi connectivity index (χ0v) is 9.77. The van der Waals surface area contributed by atoms with E-state index in [1.165, 1.54) is 13.0 Å². The third kappa shape index (κ3) is 1.80. The molecule has 0 amide bonds. The fourth-order valence-electron chi connectivity index (χ4n) is 3.86.